The van der Waals surface area contributed by atoms with Crippen LogP contribution in [0.2, 0.25) is 0 Å². The van der Waals surface area contributed by atoms with Crippen LogP contribution in [0.1, 0.15) is 32.5 Å². The summed E-state index contributed by atoms with van der Waals surface area (Å²) in [6.07, 6.45) is 2.44. The fraction of sp³-hybridized carbons (Fsp3) is 0.733. The molecule has 1 aliphatic heterocycles. The minimum atomic E-state index is 0.344. The van der Waals surface area contributed by atoms with Crippen molar-refractivity contribution in [1.82, 2.24) is 14.9 Å². The first kappa shape index (κ1) is 15.0. The number of nitrogens with one attached hydrogen (secondary N) is 1. The maximum atomic E-state index is 5.46. The number of aromatic nitrogens is 2. The third-order valence-corrected chi connectivity index (χ3v) is 4.00. The van der Waals surface area contributed by atoms with E-state index >= 15 is 0 Å². The summed E-state index contributed by atoms with van der Waals surface area (Å²) in [4.78, 5) is 11.1. The molecule has 0 saturated carbocycles. The second kappa shape index (κ2) is 6.39. The molecule has 112 valence electrons. The Hall–Kier alpha value is -1.36. The molecule has 2 heterocycles. The van der Waals surface area contributed by atoms with E-state index in [4.69, 9.17) is 4.74 Å². The zero-order valence-corrected chi connectivity index (χ0v) is 13.1. The predicted molar refractivity (Wildman–Crippen MR) is 81.3 cm³/mol. The summed E-state index contributed by atoms with van der Waals surface area (Å²) in [7, 11) is 2.19. The molecule has 5 heteroatoms. The average molecular weight is 278 g/mol. The molecule has 20 heavy (non-hydrogen) atoms. The van der Waals surface area contributed by atoms with E-state index in [9.17, 15) is 0 Å². The molecule has 0 atom stereocenters. The zero-order valence-electron chi connectivity index (χ0n) is 13.1. The Morgan fingerprint density at radius 3 is 2.70 bits per heavy atom. The highest BCUT2D eigenvalue weighted by Crippen LogP contribution is 2.30. The molecule has 5 nitrogen and oxygen atoms in total. The van der Waals surface area contributed by atoms with Crippen LogP contribution >= 0.6 is 0 Å². The van der Waals surface area contributed by atoms with Crippen LogP contribution in [0.25, 0.3) is 0 Å². The molecular weight excluding hydrogens is 252 g/mol. The van der Waals surface area contributed by atoms with Gasteiger partial charge in [-0.05, 0) is 52.2 Å². The smallest absolute Gasteiger partial charge is 0.218 e. The van der Waals surface area contributed by atoms with Crippen molar-refractivity contribution in [2.75, 3.05) is 38.6 Å². The largest absolute Gasteiger partial charge is 0.478 e. The number of rotatable bonds is 5. The molecule has 1 N–H and O–H groups in total. The van der Waals surface area contributed by atoms with E-state index in [1.165, 1.54) is 25.9 Å². The Balaban J connectivity index is 1.96. The van der Waals surface area contributed by atoms with E-state index in [1.807, 2.05) is 19.9 Å². The van der Waals surface area contributed by atoms with Crippen molar-refractivity contribution in [2.24, 2.45) is 5.41 Å². The molecule has 0 unspecified atom stereocenters. The van der Waals surface area contributed by atoms with Gasteiger partial charge in [0, 0.05) is 12.6 Å². The quantitative estimate of drug-likeness (QED) is 0.896. The highest BCUT2D eigenvalue weighted by atomic mass is 16.5. The van der Waals surface area contributed by atoms with Crippen molar-refractivity contribution in [1.29, 1.82) is 0 Å². The van der Waals surface area contributed by atoms with Gasteiger partial charge >= 0.3 is 0 Å². The summed E-state index contributed by atoms with van der Waals surface area (Å²) in [5.41, 5.74) is 0.344. The van der Waals surface area contributed by atoms with Gasteiger partial charge in [0.1, 0.15) is 11.6 Å². The maximum absolute atomic E-state index is 5.46. The molecule has 1 aliphatic rings. The summed E-state index contributed by atoms with van der Waals surface area (Å²) in [5.74, 6) is 2.25. The van der Waals surface area contributed by atoms with E-state index in [-0.39, 0.29) is 0 Å². The Morgan fingerprint density at radius 1 is 1.35 bits per heavy atom. The zero-order chi connectivity index (χ0) is 14.6. The monoisotopic (exact) mass is 278 g/mol. The number of hydrogen-bond acceptors (Lipinski definition) is 5. The number of anilines is 1. The molecule has 1 saturated heterocycles. The van der Waals surface area contributed by atoms with Crippen LogP contribution in [0.15, 0.2) is 6.07 Å². The Labute approximate surface area is 121 Å². The highest BCUT2D eigenvalue weighted by molar-refractivity contribution is 5.38. The van der Waals surface area contributed by atoms with E-state index < -0.39 is 0 Å². The molecule has 2 rings (SSSR count). The van der Waals surface area contributed by atoms with Crippen LogP contribution in [0, 0.1) is 12.3 Å². The van der Waals surface area contributed by atoms with Gasteiger partial charge in [0.15, 0.2) is 0 Å². The van der Waals surface area contributed by atoms with Crippen molar-refractivity contribution in [3.63, 3.8) is 0 Å². The number of nitrogens with zero attached hydrogens (tertiary/aromatic N) is 3. The van der Waals surface area contributed by atoms with Crippen molar-refractivity contribution in [3.05, 3.63) is 11.9 Å². The van der Waals surface area contributed by atoms with Crippen LogP contribution in [0.5, 0.6) is 5.88 Å². The van der Waals surface area contributed by atoms with Gasteiger partial charge < -0.3 is 15.0 Å². The van der Waals surface area contributed by atoms with Crippen molar-refractivity contribution in [3.8, 4) is 5.88 Å². The standard InChI is InChI=1S/C15H26N4O/c1-5-20-14-10-13(17-12(2)18-14)16-11-15(3)6-8-19(4)9-7-15/h10H,5-9,11H2,1-4H3,(H,16,17,18). The first-order chi connectivity index (χ1) is 9.50. The second-order valence-corrected chi connectivity index (χ2v) is 6.04. The lowest BCUT2D eigenvalue weighted by molar-refractivity contribution is 0.150. The Morgan fingerprint density at radius 2 is 2.05 bits per heavy atom. The highest BCUT2D eigenvalue weighted by Gasteiger charge is 2.28. The minimum Gasteiger partial charge on any atom is -0.478 e. The van der Waals surface area contributed by atoms with Gasteiger partial charge in [0.2, 0.25) is 5.88 Å². The molecule has 1 aromatic heterocycles. The lowest BCUT2D eigenvalue weighted by Crippen LogP contribution is -2.40. The van der Waals surface area contributed by atoms with Crippen LogP contribution in [-0.4, -0.2) is 48.2 Å². The molecule has 0 spiro atoms. The Bertz CT molecular complexity index is 441. The summed E-state index contributed by atoms with van der Waals surface area (Å²) in [6, 6.07) is 1.88. The van der Waals surface area contributed by atoms with Gasteiger partial charge in [-0.2, -0.15) is 4.98 Å². The summed E-state index contributed by atoms with van der Waals surface area (Å²) >= 11 is 0. The first-order valence-corrected chi connectivity index (χ1v) is 7.42. The van der Waals surface area contributed by atoms with E-state index in [0.29, 0.717) is 17.9 Å². The van der Waals surface area contributed by atoms with Gasteiger partial charge in [-0.1, -0.05) is 6.92 Å². The number of hydrogen-bond donors (Lipinski definition) is 1. The molecule has 0 aromatic carbocycles. The SMILES string of the molecule is CCOc1cc(NCC2(C)CCN(C)CC2)nc(C)n1. The molecule has 1 aromatic rings. The molecular formula is C15H26N4O. The van der Waals surface area contributed by atoms with Crippen LogP contribution in [0.3, 0.4) is 0 Å². The van der Waals surface area contributed by atoms with Crippen molar-refractivity contribution in [2.45, 2.75) is 33.6 Å². The van der Waals surface area contributed by atoms with Crippen LogP contribution in [-0.2, 0) is 0 Å². The van der Waals surface area contributed by atoms with Gasteiger partial charge in [-0.3, -0.25) is 0 Å². The third-order valence-electron chi connectivity index (χ3n) is 4.00. The fourth-order valence-corrected chi connectivity index (χ4v) is 2.49. The average Bonchev–Trinajstić information content (AvgIpc) is 2.40. The molecule has 0 bridgehead atoms. The molecule has 0 aliphatic carbocycles. The normalized spacial score (nSPS) is 18.8. The third kappa shape index (κ3) is 4.07. The summed E-state index contributed by atoms with van der Waals surface area (Å²) in [5, 5.41) is 3.46. The number of piperidine rings is 1. The lowest BCUT2D eigenvalue weighted by Gasteiger charge is -2.38. The molecule has 0 radical (unpaired) electrons. The molecule has 1 fully saturated rings. The summed E-state index contributed by atoms with van der Waals surface area (Å²) in [6.45, 7) is 10.1. The van der Waals surface area contributed by atoms with Crippen LogP contribution in [0.4, 0.5) is 5.82 Å². The topological polar surface area (TPSA) is 50.3 Å². The van der Waals surface area contributed by atoms with Crippen molar-refractivity contribution < 1.29 is 4.74 Å². The van der Waals surface area contributed by atoms with Gasteiger partial charge in [-0.15, -0.1) is 0 Å². The van der Waals surface area contributed by atoms with Gasteiger partial charge in [0.25, 0.3) is 0 Å². The number of aryl methyl sites for hydroxylation is 1. The van der Waals surface area contributed by atoms with E-state index in [0.717, 1.165) is 18.2 Å². The number of likely N-dealkylation sites (tertiary alicyclic amines) is 1. The minimum absolute atomic E-state index is 0.344. The van der Waals surface area contributed by atoms with Crippen LogP contribution < -0.4 is 10.1 Å². The number of ether oxygens (including phenoxy) is 1. The van der Waals surface area contributed by atoms with E-state index in [2.05, 4.69) is 34.2 Å². The first-order valence-electron chi connectivity index (χ1n) is 7.42. The van der Waals surface area contributed by atoms with Gasteiger partial charge in [0.05, 0.1) is 6.61 Å². The van der Waals surface area contributed by atoms with E-state index in [1.54, 1.807) is 0 Å². The Kier molecular flexibility index (Phi) is 4.81. The van der Waals surface area contributed by atoms with Gasteiger partial charge in [-0.25, -0.2) is 4.98 Å². The second-order valence-electron chi connectivity index (χ2n) is 6.04. The summed E-state index contributed by atoms with van der Waals surface area (Å²) < 4.78 is 5.46. The maximum Gasteiger partial charge on any atom is 0.218 e. The molecule has 0 amide bonds. The van der Waals surface area contributed by atoms with Crippen molar-refractivity contribution >= 4 is 5.82 Å². The lowest BCUT2D eigenvalue weighted by atomic mass is 9.80. The predicted octanol–water partition coefficient (Wildman–Crippen LogP) is 2.33. The fourth-order valence-electron chi connectivity index (χ4n) is 2.49.